The maximum Gasteiger partial charge on any atom is 0.318 e. The lowest BCUT2D eigenvalue weighted by atomic mass is 9.99. The molecule has 0 unspecified atom stereocenters. The van der Waals surface area contributed by atoms with Gasteiger partial charge in [0.1, 0.15) is 0 Å². The van der Waals surface area contributed by atoms with Gasteiger partial charge in [-0.2, -0.15) is 10.2 Å². The van der Waals surface area contributed by atoms with Crippen molar-refractivity contribution in [3.05, 3.63) is 34.9 Å². The summed E-state index contributed by atoms with van der Waals surface area (Å²) in [5, 5.41) is 14.7. The van der Waals surface area contributed by atoms with Gasteiger partial charge in [-0.3, -0.25) is 9.78 Å². The Morgan fingerprint density at radius 2 is 2.16 bits per heavy atom. The summed E-state index contributed by atoms with van der Waals surface area (Å²) in [6, 6.07) is 0.00208. The van der Waals surface area contributed by atoms with Crippen LogP contribution in [0.2, 0.25) is 0 Å². The van der Waals surface area contributed by atoms with Crippen molar-refractivity contribution in [2.45, 2.75) is 58.5 Å². The quantitative estimate of drug-likeness (QED) is 0.898. The summed E-state index contributed by atoms with van der Waals surface area (Å²) in [5.41, 5.74) is 4.23. The first kappa shape index (κ1) is 17.5. The molecule has 1 saturated heterocycles. The van der Waals surface area contributed by atoms with Crippen LogP contribution in [0.3, 0.4) is 0 Å². The van der Waals surface area contributed by atoms with Crippen LogP contribution in [0.25, 0.3) is 0 Å². The van der Waals surface area contributed by atoms with Gasteiger partial charge in [0.2, 0.25) is 0 Å². The van der Waals surface area contributed by atoms with Crippen molar-refractivity contribution < 1.29 is 4.79 Å². The van der Waals surface area contributed by atoms with Gasteiger partial charge in [0.15, 0.2) is 0 Å². The summed E-state index contributed by atoms with van der Waals surface area (Å²) in [4.78, 5) is 15.0. The molecule has 2 N–H and O–H groups in total. The normalized spacial score (nSPS) is 19.5. The summed E-state index contributed by atoms with van der Waals surface area (Å²) in [7, 11) is 1.88. The molecule has 3 rings (SSSR count). The second-order valence-corrected chi connectivity index (χ2v) is 7.02. The topological polar surface area (TPSA) is 78.8 Å². The van der Waals surface area contributed by atoms with Crippen LogP contribution in [-0.2, 0) is 7.05 Å². The first-order chi connectivity index (χ1) is 12.0. The second-order valence-electron chi connectivity index (χ2n) is 7.02. The van der Waals surface area contributed by atoms with Gasteiger partial charge < -0.3 is 10.2 Å². The van der Waals surface area contributed by atoms with E-state index in [9.17, 15) is 4.79 Å². The third-order valence-electron chi connectivity index (χ3n) is 5.10. The Morgan fingerprint density at radius 1 is 1.36 bits per heavy atom. The van der Waals surface area contributed by atoms with Gasteiger partial charge in [-0.15, -0.1) is 0 Å². The molecule has 7 heteroatoms. The minimum atomic E-state index is -0.0725. The smallest absolute Gasteiger partial charge is 0.318 e. The molecule has 2 aromatic rings. The number of carbonyl (C=O) groups is 1. The van der Waals surface area contributed by atoms with Crippen molar-refractivity contribution in [3.8, 4) is 0 Å². The van der Waals surface area contributed by atoms with Gasteiger partial charge in [-0.05, 0) is 33.6 Å². The number of nitrogens with zero attached hydrogens (tertiary/aromatic N) is 4. The van der Waals surface area contributed by atoms with E-state index in [0.29, 0.717) is 0 Å². The molecular formula is C18H28N6O. The van der Waals surface area contributed by atoms with Crippen LogP contribution in [0.4, 0.5) is 4.79 Å². The summed E-state index contributed by atoms with van der Waals surface area (Å²) < 4.78 is 1.75. The molecule has 0 saturated carbocycles. The molecule has 25 heavy (non-hydrogen) atoms. The lowest BCUT2D eigenvalue weighted by Gasteiger charge is -2.31. The Morgan fingerprint density at radius 3 is 2.80 bits per heavy atom. The number of aryl methyl sites for hydroxylation is 3. The minimum absolute atomic E-state index is 0.0109. The number of aromatic amines is 1. The number of hydrogen-bond donors (Lipinski definition) is 2. The molecular weight excluding hydrogens is 316 g/mol. The van der Waals surface area contributed by atoms with Gasteiger partial charge in [0, 0.05) is 36.6 Å². The van der Waals surface area contributed by atoms with Crippen LogP contribution in [0.1, 0.15) is 67.2 Å². The molecule has 0 aromatic carbocycles. The zero-order chi connectivity index (χ0) is 18.0. The zero-order valence-corrected chi connectivity index (χ0v) is 15.5. The van der Waals surface area contributed by atoms with Crippen LogP contribution in [0.15, 0.2) is 12.4 Å². The van der Waals surface area contributed by atoms with Crippen LogP contribution in [0.5, 0.6) is 0 Å². The number of H-pyrrole nitrogens is 1. The van der Waals surface area contributed by atoms with E-state index in [1.165, 1.54) is 5.56 Å². The first-order valence-electron chi connectivity index (χ1n) is 9.04. The third-order valence-corrected chi connectivity index (χ3v) is 5.10. The molecule has 2 aromatic heterocycles. The van der Waals surface area contributed by atoms with Crippen LogP contribution in [0, 0.1) is 13.8 Å². The van der Waals surface area contributed by atoms with Crippen LogP contribution >= 0.6 is 0 Å². The summed E-state index contributed by atoms with van der Waals surface area (Å²) >= 11 is 0. The summed E-state index contributed by atoms with van der Waals surface area (Å²) in [6.45, 7) is 6.82. The van der Waals surface area contributed by atoms with E-state index in [1.807, 2.05) is 38.9 Å². The van der Waals surface area contributed by atoms with Crippen LogP contribution < -0.4 is 5.32 Å². The lowest BCUT2D eigenvalue weighted by molar-refractivity contribution is 0.172. The summed E-state index contributed by atoms with van der Waals surface area (Å²) in [5.74, 6) is 0. The van der Waals surface area contributed by atoms with E-state index in [4.69, 9.17) is 0 Å². The van der Waals surface area contributed by atoms with Gasteiger partial charge in [-0.25, -0.2) is 4.79 Å². The lowest BCUT2D eigenvalue weighted by Crippen LogP contribution is -2.43. The highest BCUT2D eigenvalue weighted by Crippen LogP contribution is 2.33. The number of urea groups is 1. The Hall–Kier alpha value is -2.31. The number of hydrogen-bond acceptors (Lipinski definition) is 3. The maximum absolute atomic E-state index is 13.0. The average molecular weight is 344 g/mol. The fourth-order valence-electron chi connectivity index (χ4n) is 3.72. The van der Waals surface area contributed by atoms with Gasteiger partial charge in [-0.1, -0.05) is 12.8 Å². The second kappa shape index (κ2) is 7.29. The highest BCUT2D eigenvalue weighted by atomic mass is 16.2. The van der Waals surface area contributed by atoms with E-state index >= 15 is 0 Å². The number of aromatic nitrogens is 4. The fraction of sp³-hybridized carbons (Fsp3) is 0.611. The zero-order valence-electron chi connectivity index (χ0n) is 15.5. The molecule has 1 fully saturated rings. The van der Waals surface area contributed by atoms with Crippen molar-refractivity contribution in [1.82, 2.24) is 30.2 Å². The van der Waals surface area contributed by atoms with Crippen molar-refractivity contribution >= 4 is 6.03 Å². The standard InChI is InChI=1S/C18H28N6O/c1-12(15-10-19-23(4)11-15)20-18(25)24-9-7-5-6-8-16(24)17-13(2)21-22-14(17)3/h10-12,16H,5-9H2,1-4H3,(H,20,25)(H,21,22)/t12-,16-/m1/s1. The van der Waals surface area contributed by atoms with Crippen molar-refractivity contribution in [2.24, 2.45) is 7.05 Å². The van der Waals surface area contributed by atoms with Crippen molar-refractivity contribution in [1.29, 1.82) is 0 Å². The van der Waals surface area contributed by atoms with E-state index in [2.05, 4.69) is 20.6 Å². The largest absolute Gasteiger partial charge is 0.331 e. The molecule has 0 aliphatic carbocycles. The number of carbonyl (C=O) groups excluding carboxylic acids is 1. The highest BCUT2D eigenvalue weighted by Gasteiger charge is 2.30. The Balaban J connectivity index is 1.80. The van der Waals surface area contributed by atoms with E-state index in [0.717, 1.165) is 49.2 Å². The Bertz CT molecular complexity index is 714. The summed E-state index contributed by atoms with van der Waals surface area (Å²) in [6.07, 6.45) is 8.06. The van der Waals surface area contributed by atoms with Crippen molar-refractivity contribution in [3.63, 3.8) is 0 Å². The molecule has 2 amide bonds. The molecule has 136 valence electrons. The monoisotopic (exact) mass is 344 g/mol. The number of rotatable bonds is 3. The molecule has 7 nitrogen and oxygen atoms in total. The fourth-order valence-corrected chi connectivity index (χ4v) is 3.72. The molecule has 1 aliphatic heterocycles. The molecule has 2 atom stereocenters. The Labute approximate surface area is 148 Å². The first-order valence-corrected chi connectivity index (χ1v) is 9.04. The minimum Gasteiger partial charge on any atom is -0.331 e. The number of amides is 2. The van der Waals surface area contributed by atoms with Crippen LogP contribution in [-0.4, -0.2) is 37.5 Å². The predicted molar refractivity (Wildman–Crippen MR) is 96.1 cm³/mol. The molecule has 1 aliphatic rings. The number of likely N-dealkylation sites (tertiary alicyclic amines) is 1. The van der Waals surface area contributed by atoms with E-state index < -0.39 is 0 Å². The van der Waals surface area contributed by atoms with Gasteiger partial charge in [0.05, 0.1) is 24.0 Å². The molecule has 3 heterocycles. The molecule has 0 bridgehead atoms. The SMILES string of the molecule is Cc1n[nH]c(C)c1[C@H]1CCCCCN1C(=O)N[C@H](C)c1cnn(C)c1. The van der Waals surface area contributed by atoms with Gasteiger partial charge in [0.25, 0.3) is 0 Å². The van der Waals surface area contributed by atoms with Gasteiger partial charge >= 0.3 is 6.03 Å². The highest BCUT2D eigenvalue weighted by molar-refractivity contribution is 5.75. The maximum atomic E-state index is 13.0. The van der Waals surface area contributed by atoms with E-state index in [1.54, 1.807) is 10.9 Å². The number of nitrogens with one attached hydrogen (secondary N) is 2. The third kappa shape index (κ3) is 3.70. The predicted octanol–water partition coefficient (Wildman–Crippen LogP) is 3.15. The molecule has 0 radical (unpaired) electrons. The van der Waals surface area contributed by atoms with Crippen molar-refractivity contribution in [2.75, 3.05) is 6.54 Å². The average Bonchev–Trinajstić information content (AvgIpc) is 3.05. The molecule has 0 spiro atoms. The Kier molecular flexibility index (Phi) is 5.11. The van der Waals surface area contributed by atoms with E-state index in [-0.39, 0.29) is 18.1 Å².